The van der Waals surface area contributed by atoms with Crippen molar-refractivity contribution in [1.29, 1.82) is 0 Å². The van der Waals surface area contributed by atoms with Crippen molar-refractivity contribution in [3.05, 3.63) is 18.2 Å². The first-order chi connectivity index (χ1) is 8.22. The molecule has 98 valence electrons. The molecule has 1 rings (SSSR count). The van der Waals surface area contributed by atoms with E-state index in [1.807, 2.05) is 19.3 Å². The van der Waals surface area contributed by atoms with E-state index in [4.69, 9.17) is 11.6 Å². The van der Waals surface area contributed by atoms with Crippen molar-refractivity contribution in [2.75, 3.05) is 19.0 Å². The summed E-state index contributed by atoms with van der Waals surface area (Å²) >= 11 is 5.89. The van der Waals surface area contributed by atoms with Gasteiger partial charge in [-0.2, -0.15) is 0 Å². The van der Waals surface area contributed by atoms with Gasteiger partial charge in [-0.3, -0.25) is 4.90 Å². The lowest BCUT2D eigenvalue weighted by Crippen LogP contribution is -2.38. The molecule has 0 amide bonds. The molecule has 0 bridgehead atoms. The van der Waals surface area contributed by atoms with E-state index in [9.17, 15) is 0 Å². The van der Waals surface area contributed by atoms with Crippen LogP contribution in [0.5, 0.6) is 0 Å². The molecule has 0 fully saturated rings. The average Bonchev–Trinajstić information content (AvgIpc) is 2.73. The molecule has 0 aliphatic rings. The molecule has 3 nitrogen and oxygen atoms in total. The molecule has 0 unspecified atom stereocenters. The van der Waals surface area contributed by atoms with Crippen LogP contribution in [-0.2, 0) is 6.54 Å². The second-order valence-electron chi connectivity index (χ2n) is 4.36. The highest BCUT2D eigenvalue weighted by Gasteiger charge is 2.14. The molecule has 0 atom stereocenters. The first-order valence-electron chi connectivity index (χ1n) is 6.50. The van der Waals surface area contributed by atoms with E-state index in [-0.39, 0.29) is 0 Å². The van der Waals surface area contributed by atoms with Crippen LogP contribution in [0.3, 0.4) is 0 Å². The van der Waals surface area contributed by atoms with Crippen molar-refractivity contribution in [3.63, 3.8) is 0 Å². The number of halogens is 1. The summed E-state index contributed by atoms with van der Waals surface area (Å²) in [7, 11) is 0. The fourth-order valence-electron chi connectivity index (χ4n) is 2.27. The van der Waals surface area contributed by atoms with E-state index < -0.39 is 0 Å². The minimum atomic E-state index is 0.651. The van der Waals surface area contributed by atoms with Crippen molar-refractivity contribution in [2.24, 2.45) is 0 Å². The molecule has 4 heteroatoms. The number of hydrogen-bond acceptors (Lipinski definition) is 2. The maximum Gasteiger partial charge on any atom is 0.105 e. The molecule has 17 heavy (non-hydrogen) atoms. The Labute approximate surface area is 110 Å². The van der Waals surface area contributed by atoms with Crippen molar-refractivity contribution in [1.82, 2.24) is 14.5 Å². The number of imidazole rings is 1. The van der Waals surface area contributed by atoms with Crippen LogP contribution in [0.4, 0.5) is 0 Å². The third kappa shape index (κ3) is 4.32. The maximum absolute atomic E-state index is 5.89. The van der Waals surface area contributed by atoms with Gasteiger partial charge in [0, 0.05) is 43.9 Å². The van der Waals surface area contributed by atoms with Crippen LogP contribution in [0.25, 0.3) is 0 Å². The number of alkyl halides is 1. The number of aromatic nitrogens is 2. The lowest BCUT2D eigenvalue weighted by molar-refractivity contribution is 0.189. The molecule has 1 aromatic heterocycles. The van der Waals surface area contributed by atoms with Gasteiger partial charge < -0.3 is 4.57 Å². The summed E-state index contributed by atoms with van der Waals surface area (Å²) in [5, 5.41) is 0. The van der Waals surface area contributed by atoms with Gasteiger partial charge in [0.05, 0.1) is 0 Å². The summed E-state index contributed by atoms with van der Waals surface area (Å²) in [6, 6.07) is 0.651. The Morgan fingerprint density at radius 1 is 1.35 bits per heavy atom. The lowest BCUT2D eigenvalue weighted by Gasteiger charge is -2.30. The molecule has 0 N–H and O–H groups in total. The van der Waals surface area contributed by atoms with Crippen molar-refractivity contribution in [3.8, 4) is 0 Å². The molecule has 0 spiro atoms. The SMILES string of the molecule is CCC(CC)N(CCCl)CCn1ccnc1C. The van der Waals surface area contributed by atoms with Gasteiger partial charge in [0.2, 0.25) is 0 Å². The van der Waals surface area contributed by atoms with E-state index in [0.717, 1.165) is 25.5 Å². The van der Waals surface area contributed by atoms with Gasteiger partial charge in [0.1, 0.15) is 5.82 Å². The van der Waals surface area contributed by atoms with Crippen LogP contribution in [0.15, 0.2) is 12.4 Å². The van der Waals surface area contributed by atoms with Gasteiger partial charge in [-0.05, 0) is 19.8 Å². The van der Waals surface area contributed by atoms with Crippen LogP contribution >= 0.6 is 11.6 Å². The zero-order chi connectivity index (χ0) is 12.7. The van der Waals surface area contributed by atoms with Gasteiger partial charge in [-0.1, -0.05) is 13.8 Å². The first kappa shape index (κ1) is 14.5. The highest BCUT2D eigenvalue weighted by molar-refractivity contribution is 6.18. The Hall–Kier alpha value is -0.540. The van der Waals surface area contributed by atoms with Crippen LogP contribution in [0.2, 0.25) is 0 Å². The standard InChI is InChI=1S/C13H24ClN3/c1-4-13(5-2)17(8-6-14)11-10-16-9-7-15-12(16)3/h7,9,13H,4-6,8,10-11H2,1-3H3. The van der Waals surface area contributed by atoms with Crippen molar-refractivity contribution in [2.45, 2.75) is 46.2 Å². The minimum Gasteiger partial charge on any atom is -0.334 e. The monoisotopic (exact) mass is 257 g/mol. The summed E-state index contributed by atoms with van der Waals surface area (Å²) in [6.07, 6.45) is 6.28. The molecular formula is C13H24ClN3. The highest BCUT2D eigenvalue weighted by Crippen LogP contribution is 2.09. The third-order valence-electron chi connectivity index (χ3n) is 3.38. The largest absolute Gasteiger partial charge is 0.334 e. The zero-order valence-corrected chi connectivity index (χ0v) is 12.0. The van der Waals surface area contributed by atoms with Gasteiger partial charge in [-0.15, -0.1) is 11.6 Å². The third-order valence-corrected chi connectivity index (χ3v) is 3.55. The van der Waals surface area contributed by atoms with Gasteiger partial charge in [0.15, 0.2) is 0 Å². The molecule has 0 radical (unpaired) electrons. The molecule has 0 aliphatic carbocycles. The van der Waals surface area contributed by atoms with Crippen molar-refractivity contribution >= 4 is 11.6 Å². The summed E-state index contributed by atoms with van der Waals surface area (Å²) < 4.78 is 2.20. The number of aryl methyl sites for hydroxylation is 1. The normalized spacial score (nSPS) is 11.6. The highest BCUT2D eigenvalue weighted by atomic mass is 35.5. The second-order valence-corrected chi connectivity index (χ2v) is 4.74. The topological polar surface area (TPSA) is 21.1 Å². The van der Waals surface area contributed by atoms with E-state index >= 15 is 0 Å². The predicted molar refractivity (Wildman–Crippen MR) is 73.6 cm³/mol. The summed E-state index contributed by atoms with van der Waals surface area (Å²) in [6.45, 7) is 9.57. The van der Waals surface area contributed by atoms with Crippen LogP contribution < -0.4 is 0 Å². The number of nitrogens with zero attached hydrogens (tertiary/aromatic N) is 3. The van der Waals surface area contributed by atoms with E-state index in [2.05, 4.69) is 28.3 Å². The van der Waals surface area contributed by atoms with Gasteiger partial charge in [0.25, 0.3) is 0 Å². The van der Waals surface area contributed by atoms with Gasteiger partial charge in [-0.25, -0.2) is 4.98 Å². The summed E-state index contributed by atoms with van der Waals surface area (Å²) in [5.41, 5.74) is 0. The zero-order valence-electron chi connectivity index (χ0n) is 11.2. The lowest BCUT2D eigenvalue weighted by atomic mass is 10.1. The van der Waals surface area contributed by atoms with Crippen molar-refractivity contribution < 1.29 is 0 Å². The molecule has 1 heterocycles. The fraction of sp³-hybridized carbons (Fsp3) is 0.769. The smallest absolute Gasteiger partial charge is 0.105 e. The van der Waals surface area contributed by atoms with Crippen LogP contribution in [0, 0.1) is 6.92 Å². The predicted octanol–water partition coefficient (Wildman–Crippen LogP) is 2.92. The molecule has 1 aromatic rings. The Kier molecular flexibility index (Phi) is 6.60. The number of rotatable bonds is 8. The quantitative estimate of drug-likeness (QED) is 0.668. The number of hydrogen-bond donors (Lipinski definition) is 0. The molecule has 0 aromatic carbocycles. The molecule has 0 saturated carbocycles. The van der Waals surface area contributed by atoms with Crippen LogP contribution in [-0.4, -0.2) is 39.5 Å². The summed E-state index contributed by atoms with van der Waals surface area (Å²) in [4.78, 5) is 6.74. The molecular weight excluding hydrogens is 234 g/mol. The minimum absolute atomic E-state index is 0.651. The van der Waals surface area contributed by atoms with E-state index in [0.29, 0.717) is 11.9 Å². The Morgan fingerprint density at radius 3 is 2.53 bits per heavy atom. The fourth-order valence-corrected chi connectivity index (χ4v) is 2.48. The summed E-state index contributed by atoms with van der Waals surface area (Å²) in [5.74, 6) is 1.79. The average molecular weight is 258 g/mol. The van der Waals surface area contributed by atoms with Crippen LogP contribution in [0.1, 0.15) is 32.5 Å². The van der Waals surface area contributed by atoms with Gasteiger partial charge >= 0.3 is 0 Å². The second kappa shape index (κ2) is 7.72. The maximum atomic E-state index is 5.89. The Bertz CT molecular complexity index is 307. The first-order valence-corrected chi connectivity index (χ1v) is 7.04. The Balaban J connectivity index is 2.52. The molecule has 0 aliphatic heterocycles. The molecule has 0 saturated heterocycles. The van der Waals surface area contributed by atoms with E-state index in [1.165, 1.54) is 12.8 Å². The Morgan fingerprint density at radius 2 is 2.06 bits per heavy atom. The van der Waals surface area contributed by atoms with E-state index in [1.54, 1.807) is 0 Å².